The third kappa shape index (κ3) is 3.06. The van der Waals surface area contributed by atoms with Gasteiger partial charge in [-0.05, 0) is 37.1 Å². The summed E-state index contributed by atoms with van der Waals surface area (Å²) in [7, 11) is -3.54. The molecule has 1 fully saturated rings. The molecule has 4 rings (SSSR count). The average Bonchev–Trinajstić information content (AvgIpc) is 3.18. The number of fused-ring (bicyclic) bond motifs is 1. The molecule has 2 aromatic heterocycles. The van der Waals surface area contributed by atoms with Crippen molar-refractivity contribution in [2.45, 2.75) is 37.4 Å². The van der Waals surface area contributed by atoms with Crippen LogP contribution in [0.1, 0.15) is 32.1 Å². The van der Waals surface area contributed by atoms with Crippen molar-refractivity contribution in [3.63, 3.8) is 0 Å². The summed E-state index contributed by atoms with van der Waals surface area (Å²) in [5.41, 5.74) is 1.80. The molecule has 0 spiro atoms. The summed E-state index contributed by atoms with van der Waals surface area (Å²) >= 11 is 1.58. The highest BCUT2D eigenvalue weighted by atomic mass is 32.2. The number of nitrogens with zero attached hydrogens (tertiary/aromatic N) is 2. The van der Waals surface area contributed by atoms with Gasteiger partial charge in [0.2, 0.25) is 0 Å². The first-order valence-corrected chi connectivity index (χ1v) is 10.4. The lowest BCUT2D eigenvalue weighted by Gasteiger charge is -2.21. The Hall–Kier alpha value is -1.86. The van der Waals surface area contributed by atoms with E-state index < -0.39 is 10.1 Å². The van der Waals surface area contributed by atoms with Crippen LogP contribution in [0.4, 0.5) is 0 Å². The number of rotatable bonds is 4. The van der Waals surface area contributed by atoms with E-state index in [0.717, 1.165) is 35.5 Å². The first kappa shape index (κ1) is 15.7. The highest BCUT2D eigenvalue weighted by molar-refractivity contribution is 7.87. The summed E-state index contributed by atoms with van der Waals surface area (Å²) in [6.45, 7) is 0. The Morgan fingerprint density at radius 1 is 1.12 bits per heavy atom. The van der Waals surface area contributed by atoms with Gasteiger partial charge in [0.15, 0.2) is 4.96 Å². The van der Waals surface area contributed by atoms with E-state index in [2.05, 4.69) is 4.98 Å². The van der Waals surface area contributed by atoms with Crippen LogP contribution < -0.4 is 4.18 Å². The zero-order valence-electron chi connectivity index (χ0n) is 13.1. The van der Waals surface area contributed by atoms with Crippen LogP contribution >= 0.6 is 11.3 Å². The van der Waals surface area contributed by atoms with E-state index in [1.807, 2.05) is 34.3 Å². The first-order chi connectivity index (χ1) is 11.6. The molecule has 0 saturated heterocycles. The summed E-state index contributed by atoms with van der Waals surface area (Å²) in [6, 6.07) is 7.09. The van der Waals surface area contributed by atoms with Crippen molar-refractivity contribution in [1.29, 1.82) is 0 Å². The fourth-order valence-electron chi connectivity index (χ4n) is 3.10. The summed E-state index contributed by atoms with van der Waals surface area (Å²) in [6.07, 6.45) is 8.36. The van der Waals surface area contributed by atoms with E-state index in [0.29, 0.717) is 18.6 Å². The highest BCUT2D eigenvalue weighted by Gasteiger charge is 2.29. The molecular formula is C17H18N2O3S2. The minimum absolute atomic E-state index is 0.366. The van der Waals surface area contributed by atoms with Crippen LogP contribution in [-0.2, 0) is 10.1 Å². The number of imidazole rings is 1. The standard InChI is InChI=1S/C17H18N2O3S2/c20-24(21,15-4-2-1-3-5-15)22-14-8-6-13(7-9-14)16-12-19-10-11-23-17(19)18-16/h6-12,15H,1-5H2. The predicted octanol–water partition coefficient (Wildman–Crippen LogP) is 4.10. The first-order valence-electron chi connectivity index (χ1n) is 8.08. The van der Waals surface area contributed by atoms with E-state index in [4.69, 9.17) is 4.18 Å². The molecule has 0 N–H and O–H groups in total. The average molecular weight is 362 g/mol. The van der Waals surface area contributed by atoms with Gasteiger partial charge in [-0.15, -0.1) is 11.3 Å². The zero-order chi connectivity index (χ0) is 16.6. The molecule has 1 aromatic carbocycles. The lowest BCUT2D eigenvalue weighted by atomic mass is 10.0. The molecule has 1 aliphatic carbocycles. The normalized spacial score (nSPS) is 16.5. The van der Waals surface area contributed by atoms with Gasteiger partial charge < -0.3 is 4.18 Å². The number of benzene rings is 1. The largest absolute Gasteiger partial charge is 0.382 e. The van der Waals surface area contributed by atoms with Gasteiger partial charge >= 0.3 is 10.1 Å². The van der Waals surface area contributed by atoms with Crippen LogP contribution in [0.5, 0.6) is 5.75 Å². The van der Waals surface area contributed by atoms with Crippen molar-refractivity contribution >= 4 is 26.4 Å². The molecule has 5 nitrogen and oxygen atoms in total. The molecule has 3 aromatic rings. The van der Waals surface area contributed by atoms with Gasteiger partial charge in [0.1, 0.15) is 5.75 Å². The highest BCUT2D eigenvalue weighted by Crippen LogP contribution is 2.28. The molecule has 126 valence electrons. The molecule has 0 amide bonds. The fourth-order valence-corrected chi connectivity index (χ4v) is 5.23. The molecule has 7 heteroatoms. The van der Waals surface area contributed by atoms with Gasteiger partial charge in [0.25, 0.3) is 0 Å². The topological polar surface area (TPSA) is 60.7 Å². The van der Waals surface area contributed by atoms with Gasteiger partial charge in [0.05, 0.1) is 10.9 Å². The van der Waals surface area contributed by atoms with Crippen LogP contribution in [0, 0.1) is 0 Å². The van der Waals surface area contributed by atoms with E-state index in [1.54, 1.807) is 23.5 Å². The Morgan fingerprint density at radius 2 is 1.88 bits per heavy atom. The fraction of sp³-hybridized carbons (Fsp3) is 0.353. The molecule has 2 heterocycles. The zero-order valence-corrected chi connectivity index (χ0v) is 14.7. The second kappa shape index (κ2) is 6.22. The number of thiazole rings is 1. The summed E-state index contributed by atoms with van der Waals surface area (Å²) < 4.78 is 32.0. The molecule has 1 aliphatic rings. The molecule has 0 radical (unpaired) electrons. The Labute approximate surface area is 145 Å². The van der Waals surface area contributed by atoms with Crippen LogP contribution in [0.25, 0.3) is 16.2 Å². The molecule has 1 saturated carbocycles. The van der Waals surface area contributed by atoms with Crippen molar-refractivity contribution in [3.8, 4) is 17.0 Å². The summed E-state index contributed by atoms with van der Waals surface area (Å²) in [5, 5.41) is 1.62. The van der Waals surface area contributed by atoms with Crippen molar-refractivity contribution in [3.05, 3.63) is 42.0 Å². The Kier molecular flexibility index (Phi) is 4.05. The summed E-state index contributed by atoms with van der Waals surface area (Å²) in [5.74, 6) is 0.366. The maximum absolute atomic E-state index is 12.4. The van der Waals surface area contributed by atoms with E-state index >= 15 is 0 Å². The number of hydrogen-bond donors (Lipinski definition) is 0. The smallest absolute Gasteiger partial charge is 0.312 e. The van der Waals surface area contributed by atoms with Crippen LogP contribution in [0.3, 0.4) is 0 Å². The monoisotopic (exact) mass is 362 g/mol. The van der Waals surface area contributed by atoms with Crippen molar-refractivity contribution in [2.75, 3.05) is 0 Å². The van der Waals surface area contributed by atoms with E-state index in [-0.39, 0.29) is 5.25 Å². The third-order valence-electron chi connectivity index (χ3n) is 4.42. The lowest BCUT2D eigenvalue weighted by Crippen LogP contribution is -2.28. The number of hydrogen-bond acceptors (Lipinski definition) is 5. The second-order valence-electron chi connectivity index (χ2n) is 6.08. The van der Waals surface area contributed by atoms with Gasteiger partial charge in [-0.1, -0.05) is 19.3 Å². The van der Waals surface area contributed by atoms with Gasteiger partial charge in [-0.2, -0.15) is 8.42 Å². The Balaban J connectivity index is 1.52. The van der Waals surface area contributed by atoms with Gasteiger partial charge in [-0.3, -0.25) is 4.40 Å². The summed E-state index contributed by atoms with van der Waals surface area (Å²) in [4.78, 5) is 5.48. The van der Waals surface area contributed by atoms with Crippen molar-refractivity contribution in [2.24, 2.45) is 0 Å². The quantitative estimate of drug-likeness (QED) is 0.656. The molecule has 24 heavy (non-hydrogen) atoms. The molecule has 0 aliphatic heterocycles. The molecular weight excluding hydrogens is 344 g/mol. The lowest BCUT2D eigenvalue weighted by molar-refractivity contribution is 0.429. The number of aromatic nitrogens is 2. The van der Waals surface area contributed by atoms with Gasteiger partial charge in [0, 0.05) is 23.3 Å². The molecule has 0 atom stereocenters. The van der Waals surface area contributed by atoms with Crippen LogP contribution in [0.15, 0.2) is 42.0 Å². The minimum Gasteiger partial charge on any atom is -0.382 e. The van der Waals surface area contributed by atoms with E-state index in [9.17, 15) is 8.42 Å². The van der Waals surface area contributed by atoms with Crippen molar-refractivity contribution in [1.82, 2.24) is 9.38 Å². The SMILES string of the molecule is O=S(=O)(Oc1ccc(-c2cn3ccsc3n2)cc1)C1CCCCC1. The van der Waals surface area contributed by atoms with Crippen molar-refractivity contribution < 1.29 is 12.6 Å². The maximum Gasteiger partial charge on any atom is 0.312 e. The molecule has 0 bridgehead atoms. The third-order valence-corrected chi connectivity index (χ3v) is 6.90. The predicted molar refractivity (Wildman–Crippen MR) is 94.9 cm³/mol. The minimum atomic E-state index is -3.54. The van der Waals surface area contributed by atoms with Crippen LogP contribution in [-0.4, -0.2) is 23.1 Å². The van der Waals surface area contributed by atoms with Crippen LogP contribution in [0.2, 0.25) is 0 Å². The van der Waals surface area contributed by atoms with E-state index in [1.165, 1.54) is 0 Å². The second-order valence-corrected chi connectivity index (χ2v) is 8.77. The van der Waals surface area contributed by atoms with Gasteiger partial charge in [-0.25, -0.2) is 4.98 Å². The Bertz CT molecular complexity index is 907. The Morgan fingerprint density at radius 3 is 2.58 bits per heavy atom. The maximum atomic E-state index is 12.4. The molecule has 0 unspecified atom stereocenters.